The maximum Gasteiger partial charge on any atom is 0.349 e. The molecule has 0 aliphatic carbocycles. The van der Waals surface area contributed by atoms with E-state index in [0.29, 0.717) is 5.56 Å². The van der Waals surface area contributed by atoms with Crippen LogP contribution in [-0.2, 0) is 14.3 Å². The molecule has 0 saturated carbocycles. The number of nitrogens with zero attached hydrogens (tertiary/aromatic N) is 1. The number of hydrogen-bond donors (Lipinski definition) is 0. The average Bonchev–Trinajstić information content (AvgIpc) is 2.02. The monoisotopic (exact) mass is 211 g/mol. The van der Waals surface area contributed by atoms with Gasteiger partial charge in [-0.15, -0.1) is 5.26 Å². The van der Waals surface area contributed by atoms with Gasteiger partial charge in [-0.2, -0.15) is 8.42 Å². The van der Waals surface area contributed by atoms with Crippen molar-refractivity contribution >= 4 is 10.1 Å². The number of nitriles is 1. The fraction of sp³-hybridized carbons (Fsp3) is 0.222. The zero-order chi connectivity index (χ0) is 10.8. The van der Waals surface area contributed by atoms with E-state index >= 15 is 0 Å². The normalized spacial score (nSPS) is 10.6. The van der Waals surface area contributed by atoms with Gasteiger partial charge in [-0.05, 0) is 25.5 Å². The molecule has 0 aliphatic heterocycles. The van der Waals surface area contributed by atoms with E-state index in [1.807, 2.05) is 6.92 Å². The Kier molecular flexibility index (Phi) is 2.77. The van der Waals surface area contributed by atoms with Crippen molar-refractivity contribution in [1.29, 1.82) is 5.26 Å². The van der Waals surface area contributed by atoms with Crippen LogP contribution in [0.2, 0.25) is 0 Å². The highest BCUT2D eigenvalue weighted by Crippen LogP contribution is 2.18. The molecule has 0 atom stereocenters. The van der Waals surface area contributed by atoms with Crippen molar-refractivity contribution in [1.82, 2.24) is 0 Å². The maximum atomic E-state index is 11.3. The lowest BCUT2D eigenvalue weighted by molar-refractivity contribution is 0.458. The van der Waals surface area contributed by atoms with Crippen LogP contribution in [0, 0.1) is 25.4 Å². The number of aryl methyl sites for hydroxylation is 2. The van der Waals surface area contributed by atoms with Crippen molar-refractivity contribution < 1.29 is 12.6 Å². The van der Waals surface area contributed by atoms with Gasteiger partial charge < -0.3 is 0 Å². The van der Waals surface area contributed by atoms with E-state index < -0.39 is 10.1 Å². The highest BCUT2D eigenvalue weighted by molar-refractivity contribution is 7.87. The maximum absolute atomic E-state index is 11.3. The lowest BCUT2D eigenvalue weighted by Crippen LogP contribution is -2.04. The van der Waals surface area contributed by atoms with E-state index in [2.05, 4.69) is 4.18 Å². The van der Waals surface area contributed by atoms with Gasteiger partial charge in [-0.25, -0.2) is 0 Å². The van der Waals surface area contributed by atoms with Gasteiger partial charge in [0.05, 0.1) is 0 Å². The Morgan fingerprint density at radius 1 is 1.36 bits per heavy atom. The molecule has 0 radical (unpaired) electrons. The summed E-state index contributed by atoms with van der Waals surface area (Å²) in [5.41, 5.74) is 1.53. The van der Waals surface area contributed by atoms with Gasteiger partial charge in [-0.1, -0.05) is 17.7 Å². The van der Waals surface area contributed by atoms with E-state index in [1.54, 1.807) is 19.1 Å². The minimum Gasteiger partial charge on any atom is -0.299 e. The predicted octanol–water partition coefficient (Wildman–Crippen LogP) is 1.49. The van der Waals surface area contributed by atoms with Crippen LogP contribution < -0.4 is 0 Å². The molecule has 0 amide bonds. The molecule has 1 rings (SSSR count). The Bertz CT molecular complexity index is 485. The summed E-state index contributed by atoms with van der Waals surface area (Å²) < 4.78 is 26.7. The molecule has 0 aromatic heterocycles. The summed E-state index contributed by atoms with van der Waals surface area (Å²) in [6.45, 7) is 3.51. The van der Waals surface area contributed by atoms with Gasteiger partial charge in [-0.3, -0.25) is 4.18 Å². The fourth-order valence-corrected chi connectivity index (χ4v) is 2.05. The molecule has 14 heavy (non-hydrogen) atoms. The predicted molar refractivity (Wildman–Crippen MR) is 49.8 cm³/mol. The molecule has 4 nitrogen and oxygen atoms in total. The van der Waals surface area contributed by atoms with Crippen LogP contribution in [0.3, 0.4) is 0 Å². The Morgan fingerprint density at radius 2 is 2.00 bits per heavy atom. The summed E-state index contributed by atoms with van der Waals surface area (Å²) in [4.78, 5) is 0.0321. The largest absolute Gasteiger partial charge is 0.349 e. The van der Waals surface area contributed by atoms with Crippen LogP contribution in [0.1, 0.15) is 11.1 Å². The third-order valence-electron chi connectivity index (χ3n) is 1.75. The lowest BCUT2D eigenvalue weighted by atomic mass is 10.2. The summed E-state index contributed by atoms with van der Waals surface area (Å²) in [5, 5.41) is 8.16. The van der Waals surface area contributed by atoms with Crippen LogP contribution in [0.5, 0.6) is 0 Å². The van der Waals surface area contributed by atoms with Crippen LogP contribution in [0.4, 0.5) is 0 Å². The molecule has 0 heterocycles. The smallest absolute Gasteiger partial charge is 0.299 e. The molecule has 0 bridgehead atoms. The van der Waals surface area contributed by atoms with Crippen LogP contribution >= 0.6 is 0 Å². The molecular weight excluding hydrogens is 202 g/mol. The third-order valence-corrected chi connectivity index (χ3v) is 3.04. The van der Waals surface area contributed by atoms with Crippen molar-refractivity contribution in [3.63, 3.8) is 0 Å². The van der Waals surface area contributed by atoms with Crippen LogP contribution in [0.15, 0.2) is 23.1 Å². The topological polar surface area (TPSA) is 67.2 Å². The molecule has 1 aromatic rings. The van der Waals surface area contributed by atoms with Gasteiger partial charge >= 0.3 is 16.4 Å². The fourth-order valence-electron chi connectivity index (χ4n) is 1.17. The molecule has 0 fully saturated rings. The van der Waals surface area contributed by atoms with Crippen molar-refractivity contribution in [2.75, 3.05) is 0 Å². The van der Waals surface area contributed by atoms with Gasteiger partial charge in [0.25, 0.3) is 0 Å². The minimum atomic E-state index is -3.92. The highest BCUT2D eigenvalue weighted by atomic mass is 32.2. The molecule has 0 unspecified atom stereocenters. The van der Waals surface area contributed by atoms with Gasteiger partial charge in [0.1, 0.15) is 4.90 Å². The summed E-state index contributed by atoms with van der Waals surface area (Å²) in [7, 11) is -3.92. The average molecular weight is 211 g/mol. The van der Waals surface area contributed by atoms with Crippen molar-refractivity contribution in [2.45, 2.75) is 18.7 Å². The van der Waals surface area contributed by atoms with E-state index in [0.717, 1.165) is 11.8 Å². The summed E-state index contributed by atoms with van der Waals surface area (Å²) in [6, 6.07) is 4.80. The molecule has 0 saturated heterocycles. The van der Waals surface area contributed by atoms with Crippen LogP contribution in [0.25, 0.3) is 0 Å². The Morgan fingerprint density at radius 3 is 2.50 bits per heavy atom. The van der Waals surface area contributed by atoms with E-state index in [-0.39, 0.29) is 4.90 Å². The zero-order valence-electron chi connectivity index (χ0n) is 7.81. The molecule has 5 heteroatoms. The molecule has 74 valence electrons. The van der Waals surface area contributed by atoms with Gasteiger partial charge in [0.15, 0.2) is 0 Å². The number of rotatable bonds is 2. The molecule has 0 spiro atoms. The molecule has 0 N–H and O–H groups in total. The SMILES string of the molecule is Cc1ccc(S(=O)(=O)OC#N)c(C)c1. The molecule has 1 aromatic carbocycles. The van der Waals surface area contributed by atoms with Crippen molar-refractivity contribution in [3.8, 4) is 6.26 Å². The van der Waals surface area contributed by atoms with Crippen LogP contribution in [-0.4, -0.2) is 8.42 Å². The number of benzene rings is 1. The molecular formula is C9H9NO3S. The summed E-state index contributed by atoms with van der Waals surface area (Å²) in [6.07, 6.45) is 1.16. The van der Waals surface area contributed by atoms with E-state index in [9.17, 15) is 8.42 Å². The minimum absolute atomic E-state index is 0.0321. The first-order valence-electron chi connectivity index (χ1n) is 3.87. The summed E-state index contributed by atoms with van der Waals surface area (Å²) >= 11 is 0. The standard InChI is InChI=1S/C9H9NO3S/c1-7-3-4-9(8(2)5-7)14(11,12)13-6-10/h3-5H,1-2H3. The second kappa shape index (κ2) is 3.68. The Balaban J connectivity index is 3.29. The van der Waals surface area contributed by atoms with Gasteiger partial charge in [0.2, 0.25) is 0 Å². The third kappa shape index (κ3) is 2.03. The highest BCUT2D eigenvalue weighted by Gasteiger charge is 2.17. The first-order chi connectivity index (χ1) is 6.47. The molecule has 0 aliphatic rings. The lowest BCUT2D eigenvalue weighted by Gasteiger charge is -2.04. The first kappa shape index (κ1) is 10.5. The zero-order valence-corrected chi connectivity index (χ0v) is 8.63. The van der Waals surface area contributed by atoms with E-state index in [4.69, 9.17) is 5.26 Å². The van der Waals surface area contributed by atoms with Crippen molar-refractivity contribution in [3.05, 3.63) is 29.3 Å². The second-order valence-corrected chi connectivity index (χ2v) is 4.41. The second-order valence-electron chi connectivity index (χ2n) is 2.90. The Labute approximate surface area is 82.9 Å². The summed E-state index contributed by atoms with van der Waals surface area (Å²) in [5.74, 6) is 0. The van der Waals surface area contributed by atoms with E-state index in [1.165, 1.54) is 6.07 Å². The van der Waals surface area contributed by atoms with Gasteiger partial charge in [0, 0.05) is 0 Å². The quantitative estimate of drug-likeness (QED) is 0.549. The number of hydrogen-bond acceptors (Lipinski definition) is 4. The Hall–Kier alpha value is -1.54. The van der Waals surface area contributed by atoms with Crippen molar-refractivity contribution in [2.24, 2.45) is 0 Å². The first-order valence-corrected chi connectivity index (χ1v) is 5.28.